The molecule has 0 amide bonds. The minimum atomic E-state index is -0.499. The van der Waals surface area contributed by atoms with Crippen LogP contribution in [0.1, 0.15) is 34.4 Å². The Bertz CT molecular complexity index is 579. The van der Waals surface area contributed by atoms with Crippen molar-refractivity contribution in [1.29, 1.82) is 0 Å². The summed E-state index contributed by atoms with van der Waals surface area (Å²) in [6.07, 6.45) is 0.536. The first-order chi connectivity index (χ1) is 9.25. The average Bonchev–Trinajstić information content (AvgIpc) is 2.46. The minimum absolute atomic E-state index is 0.00764. The third kappa shape index (κ3) is 2.42. The van der Waals surface area contributed by atoms with Crippen molar-refractivity contribution in [2.75, 3.05) is 6.54 Å². The molecule has 0 aromatic heterocycles. The van der Waals surface area contributed by atoms with E-state index in [1.54, 1.807) is 0 Å². The number of aliphatic hydroxyl groups is 1. The molecule has 2 aromatic rings. The number of hydrogen-bond acceptors (Lipinski definition) is 2. The van der Waals surface area contributed by atoms with Crippen molar-refractivity contribution in [3.63, 3.8) is 0 Å². The Kier molecular flexibility index (Phi) is 3.36. The molecule has 2 aromatic carbocycles. The SMILES string of the molecule is Cc1cccc(C(O)C2NCCc3ccccc32)c1. The van der Waals surface area contributed by atoms with Crippen LogP contribution in [0, 0.1) is 6.92 Å². The molecule has 1 heterocycles. The van der Waals surface area contributed by atoms with E-state index in [9.17, 15) is 5.11 Å². The number of aliphatic hydroxyl groups excluding tert-OH is 1. The van der Waals surface area contributed by atoms with Crippen LogP contribution in [-0.4, -0.2) is 11.7 Å². The van der Waals surface area contributed by atoms with Crippen LogP contribution in [0.5, 0.6) is 0 Å². The van der Waals surface area contributed by atoms with E-state index in [1.807, 2.05) is 18.2 Å². The molecule has 1 aliphatic rings. The van der Waals surface area contributed by atoms with Gasteiger partial charge in [0.25, 0.3) is 0 Å². The van der Waals surface area contributed by atoms with Gasteiger partial charge >= 0.3 is 0 Å². The molecule has 2 nitrogen and oxygen atoms in total. The highest BCUT2D eigenvalue weighted by Crippen LogP contribution is 2.33. The quantitative estimate of drug-likeness (QED) is 0.862. The van der Waals surface area contributed by atoms with Gasteiger partial charge in [0.1, 0.15) is 0 Å². The zero-order chi connectivity index (χ0) is 13.2. The second-order valence-corrected chi connectivity index (χ2v) is 5.24. The first-order valence-corrected chi connectivity index (χ1v) is 6.81. The highest BCUT2D eigenvalue weighted by molar-refractivity contribution is 5.35. The van der Waals surface area contributed by atoms with E-state index in [4.69, 9.17) is 0 Å². The lowest BCUT2D eigenvalue weighted by atomic mass is 9.88. The molecule has 0 spiro atoms. The lowest BCUT2D eigenvalue weighted by Crippen LogP contribution is -2.33. The van der Waals surface area contributed by atoms with Gasteiger partial charge in [-0.3, -0.25) is 0 Å². The second kappa shape index (κ2) is 5.16. The van der Waals surface area contributed by atoms with E-state index in [0.29, 0.717) is 0 Å². The summed E-state index contributed by atoms with van der Waals surface area (Å²) in [6.45, 7) is 2.98. The lowest BCUT2D eigenvalue weighted by Gasteiger charge is -2.31. The number of aryl methyl sites for hydroxylation is 1. The molecule has 0 bridgehead atoms. The summed E-state index contributed by atoms with van der Waals surface area (Å²) in [5.74, 6) is 0. The Morgan fingerprint density at radius 1 is 1.16 bits per heavy atom. The van der Waals surface area contributed by atoms with Gasteiger partial charge < -0.3 is 10.4 Å². The average molecular weight is 253 g/mol. The summed E-state index contributed by atoms with van der Waals surface area (Å²) in [5, 5.41) is 14.1. The molecular weight excluding hydrogens is 234 g/mol. The molecular formula is C17H19NO. The monoisotopic (exact) mass is 253 g/mol. The Hall–Kier alpha value is -1.64. The van der Waals surface area contributed by atoms with Gasteiger partial charge in [-0.2, -0.15) is 0 Å². The fraction of sp³-hybridized carbons (Fsp3) is 0.294. The van der Waals surface area contributed by atoms with Crippen molar-refractivity contribution in [1.82, 2.24) is 5.32 Å². The number of nitrogens with one attached hydrogen (secondary N) is 1. The Morgan fingerprint density at radius 3 is 2.84 bits per heavy atom. The van der Waals surface area contributed by atoms with E-state index in [2.05, 4.69) is 42.6 Å². The van der Waals surface area contributed by atoms with E-state index < -0.39 is 6.10 Å². The fourth-order valence-electron chi connectivity index (χ4n) is 2.87. The molecule has 2 atom stereocenters. The normalized spacial score (nSPS) is 19.8. The van der Waals surface area contributed by atoms with Crippen molar-refractivity contribution >= 4 is 0 Å². The van der Waals surface area contributed by atoms with Gasteiger partial charge in [-0.05, 0) is 36.6 Å². The van der Waals surface area contributed by atoms with Gasteiger partial charge in [-0.15, -0.1) is 0 Å². The summed E-state index contributed by atoms with van der Waals surface area (Å²) in [6, 6.07) is 16.5. The van der Waals surface area contributed by atoms with E-state index in [0.717, 1.165) is 18.5 Å². The molecule has 0 radical (unpaired) electrons. The summed E-state index contributed by atoms with van der Waals surface area (Å²) in [5.41, 5.74) is 4.73. The van der Waals surface area contributed by atoms with Gasteiger partial charge in [0.15, 0.2) is 0 Å². The summed E-state index contributed by atoms with van der Waals surface area (Å²) in [4.78, 5) is 0. The van der Waals surface area contributed by atoms with Crippen LogP contribution < -0.4 is 5.32 Å². The second-order valence-electron chi connectivity index (χ2n) is 5.24. The molecule has 19 heavy (non-hydrogen) atoms. The number of benzene rings is 2. The molecule has 2 heteroatoms. The Morgan fingerprint density at radius 2 is 2.00 bits per heavy atom. The third-order valence-electron chi connectivity index (χ3n) is 3.85. The van der Waals surface area contributed by atoms with Crippen LogP contribution in [0.15, 0.2) is 48.5 Å². The first-order valence-electron chi connectivity index (χ1n) is 6.81. The van der Waals surface area contributed by atoms with Crippen molar-refractivity contribution in [3.8, 4) is 0 Å². The molecule has 0 saturated heterocycles. The largest absolute Gasteiger partial charge is 0.386 e. The highest BCUT2D eigenvalue weighted by Gasteiger charge is 2.26. The van der Waals surface area contributed by atoms with Crippen LogP contribution in [0.3, 0.4) is 0 Å². The number of hydrogen-bond donors (Lipinski definition) is 2. The maximum Gasteiger partial charge on any atom is 0.0984 e. The van der Waals surface area contributed by atoms with Crippen LogP contribution in [0.2, 0.25) is 0 Å². The zero-order valence-corrected chi connectivity index (χ0v) is 11.1. The maximum atomic E-state index is 10.7. The molecule has 0 saturated carbocycles. The smallest absolute Gasteiger partial charge is 0.0984 e. The van der Waals surface area contributed by atoms with Crippen LogP contribution in [0.4, 0.5) is 0 Å². The summed E-state index contributed by atoms with van der Waals surface area (Å²) in [7, 11) is 0. The zero-order valence-electron chi connectivity index (χ0n) is 11.1. The Labute approximate surface area is 114 Å². The van der Waals surface area contributed by atoms with Gasteiger partial charge in [0, 0.05) is 0 Å². The third-order valence-corrected chi connectivity index (χ3v) is 3.85. The topological polar surface area (TPSA) is 32.3 Å². The van der Waals surface area contributed by atoms with Crippen molar-refractivity contribution in [3.05, 3.63) is 70.8 Å². The summed E-state index contributed by atoms with van der Waals surface area (Å²) >= 11 is 0. The molecule has 2 unspecified atom stereocenters. The molecule has 98 valence electrons. The fourth-order valence-corrected chi connectivity index (χ4v) is 2.87. The maximum absolute atomic E-state index is 10.7. The number of fused-ring (bicyclic) bond motifs is 1. The standard InChI is InChI=1S/C17H19NO/c1-12-5-4-7-14(11-12)17(19)16-15-8-3-2-6-13(15)9-10-18-16/h2-8,11,16-19H,9-10H2,1H3. The minimum Gasteiger partial charge on any atom is -0.386 e. The van der Waals surface area contributed by atoms with Gasteiger partial charge in [-0.1, -0.05) is 54.1 Å². The van der Waals surface area contributed by atoms with Crippen LogP contribution in [-0.2, 0) is 6.42 Å². The molecule has 2 N–H and O–H groups in total. The van der Waals surface area contributed by atoms with Gasteiger partial charge in [0.05, 0.1) is 12.1 Å². The molecule has 0 fully saturated rings. The molecule has 1 aliphatic heterocycles. The molecule has 3 rings (SSSR count). The van der Waals surface area contributed by atoms with E-state index in [-0.39, 0.29) is 6.04 Å². The van der Waals surface area contributed by atoms with Crippen LogP contribution >= 0.6 is 0 Å². The highest BCUT2D eigenvalue weighted by atomic mass is 16.3. The number of rotatable bonds is 2. The van der Waals surface area contributed by atoms with Gasteiger partial charge in [-0.25, -0.2) is 0 Å². The predicted octanol–water partition coefficient (Wildman–Crippen LogP) is 2.92. The van der Waals surface area contributed by atoms with Crippen LogP contribution in [0.25, 0.3) is 0 Å². The molecule has 0 aliphatic carbocycles. The summed E-state index contributed by atoms with van der Waals surface area (Å²) < 4.78 is 0. The van der Waals surface area contributed by atoms with E-state index >= 15 is 0 Å². The van der Waals surface area contributed by atoms with Crippen molar-refractivity contribution in [2.45, 2.75) is 25.5 Å². The first kappa shape index (κ1) is 12.4. The van der Waals surface area contributed by atoms with E-state index in [1.165, 1.54) is 16.7 Å². The Balaban J connectivity index is 1.95. The van der Waals surface area contributed by atoms with Crippen molar-refractivity contribution < 1.29 is 5.11 Å². The predicted molar refractivity (Wildman–Crippen MR) is 77.0 cm³/mol. The van der Waals surface area contributed by atoms with Gasteiger partial charge in [0.2, 0.25) is 0 Å². The van der Waals surface area contributed by atoms with Crippen molar-refractivity contribution in [2.24, 2.45) is 0 Å². The lowest BCUT2D eigenvalue weighted by molar-refractivity contribution is 0.125.